The zero-order valence-corrected chi connectivity index (χ0v) is 20.6. The van der Waals surface area contributed by atoms with Crippen molar-refractivity contribution in [3.63, 3.8) is 0 Å². The Labute approximate surface area is 205 Å². The first-order valence-electron chi connectivity index (χ1n) is 11.6. The molecule has 1 amide bonds. The maximum atomic E-state index is 13.6. The predicted octanol–water partition coefficient (Wildman–Crippen LogP) is 5.06. The Balaban J connectivity index is 1.74. The van der Waals surface area contributed by atoms with Crippen LogP contribution in [-0.2, 0) is 24.2 Å². The summed E-state index contributed by atoms with van der Waals surface area (Å²) in [6.45, 7) is 3.85. The van der Waals surface area contributed by atoms with Crippen LogP contribution in [0.4, 0.5) is 5.69 Å². The quantitative estimate of drug-likeness (QED) is 0.391. The average Bonchev–Trinajstić information content (AvgIpc) is 2.84. The Hall–Kier alpha value is -4.06. The van der Waals surface area contributed by atoms with Gasteiger partial charge < -0.3 is 14.8 Å². The summed E-state index contributed by atoms with van der Waals surface area (Å²) >= 11 is 0. The molecule has 6 heteroatoms. The van der Waals surface area contributed by atoms with Crippen LogP contribution in [0.2, 0.25) is 0 Å². The largest absolute Gasteiger partial charge is 0.493 e. The Morgan fingerprint density at radius 2 is 1.51 bits per heavy atom. The van der Waals surface area contributed by atoms with Gasteiger partial charge in [0.2, 0.25) is 5.91 Å². The predicted molar refractivity (Wildman–Crippen MR) is 140 cm³/mol. The molecule has 0 spiro atoms. The number of amides is 1. The zero-order valence-electron chi connectivity index (χ0n) is 20.6. The third-order valence-electron chi connectivity index (χ3n) is 6.01. The second-order valence-corrected chi connectivity index (χ2v) is 8.74. The maximum absolute atomic E-state index is 13.6. The highest BCUT2D eigenvalue weighted by atomic mass is 16.5. The summed E-state index contributed by atoms with van der Waals surface area (Å²) in [5.74, 6) is 0.798. The van der Waals surface area contributed by atoms with E-state index in [9.17, 15) is 9.59 Å². The van der Waals surface area contributed by atoms with Gasteiger partial charge in [-0.15, -0.1) is 0 Å². The van der Waals surface area contributed by atoms with E-state index < -0.39 is 0 Å². The normalized spacial score (nSPS) is 10.9. The van der Waals surface area contributed by atoms with Crippen LogP contribution in [0.5, 0.6) is 11.5 Å². The van der Waals surface area contributed by atoms with Crippen LogP contribution < -0.4 is 20.3 Å². The molecule has 0 saturated heterocycles. The fourth-order valence-electron chi connectivity index (χ4n) is 4.42. The number of methoxy groups -OCH3 is 2. The summed E-state index contributed by atoms with van der Waals surface area (Å²) in [6.07, 6.45) is 1.29. The minimum atomic E-state index is -0.270. The molecule has 0 aliphatic heterocycles. The van der Waals surface area contributed by atoms with Gasteiger partial charge in [-0.3, -0.25) is 14.2 Å². The lowest BCUT2D eigenvalue weighted by Gasteiger charge is -2.16. The van der Waals surface area contributed by atoms with E-state index >= 15 is 0 Å². The molecule has 35 heavy (non-hydrogen) atoms. The maximum Gasteiger partial charge on any atom is 0.254 e. The fourth-order valence-corrected chi connectivity index (χ4v) is 4.42. The van der Waals surface area contributed by atoms with Gasteiger partial charge >= 0.3 is 0 Å². The molecule has 0 aliphatic rings. The summed E-state index contributed by atoms with van der Waals surface area (Å²) in [6, 6.07) is 21.4. The number of carbonyl (C=O) groups is 1. The van der Waals surface area contributed by atoms with Crippen LogP contribution >= 0.6 is 0 Å². The number of hydrogen-bond donors (Lipinski definition) is 1. The number of carbonyl (C=O) groups excluding carboxylic acids is 1. The standard InChI is InChI=1S/C29H30N2O4/c1-19-12-20(2)14-24(13-19)30-28(32)18-31-25-17-27(35-4)26(34-3)16-23(25)15-22(29(31)33)11-10-21-8-6-5-7-9-21/h5-9,12-17H,10-11,18H2,1-4H3,(H,30,32). The molecule has 3 aromatic carbocycles. The van der Waals surface area contributed by atoms with Crippen LogP contribution in [0.25, 0.3) is 10.9 Å². The number of benzene rings is 3. The molecule has 4 rings (SSSR count). The molecule has 0 atom stereocenters. The Bertz CT molecular complexity index is 1400. The Morgan fingerprint density at radius 3 is 2.17 bits per heavy atom. The lowest BCUT2D eigenvalue weighted by Crippen LogP contribution is -2.30. The SMILES string of the molecule is COc1cc2cc(CCc3ccccc3)c(=O)n(CC(=O)Nc3cc(C)cc(C)c3)c2cc1OC. The average molecular weight is 471 g/mol. The van der Waals surface area contributed by atoms with E-state index in [1.54, 1.807) is 20.3 Å². The lowest BCUT2D eigenvalue weighted by molar-refractivity contribution is -0.116. The first-order valence-corrected chi connectivity index (χ1v) is 11.6. The van der Waals surface area contributed by atoms with Gasteiger partial charge in [0.05, 0.1) is 19.7 Å². The third-order valence-corrected chi connectivity index (χ3v) is 6.01. The van der Waals surface area contributed by atoms with E-state index in [0.717, 1.165) is 28.5 Å². The molecule has 0 fully saturated rings. The van der Waals surface area contributed by atoms with E-state index in [4.69, 9.17) is 9.47 Å². The number of ether oxygens (including phenoxy) is 2. The highest BCUT2D eigenvalue weighted by Gasteiger charge is 2.16. The number of nitrogens with one attached hydrogen (secondary N) is 1. The smallest absolute Gasteiger partial charge is 0.254 e. The monoisotopic (exact) mass is 470 g/mol. The van der Waals surface area contributed by atoms with Crippen molar-refractivity contribution in [2.45, 2.75) is 33.2 Å². The van der Waals surface area contributed by atoms with Crippen LogP contribution in [0.3, 0.4) is 0 Å². The van der Waals surface area contributed by atoms with Crippen LogP contribution in [0.15, 0.2) is 71.5 Å². The topological polar surface area (TPSA) is 69.6 Å². The van der Waals surface area contributed by atoms with Gasteiger partial charge in [0.15, 0.2) is 11.5 Å². The number of anilines is 1. The van der Waals surface area contributed by atoms with Crippen LogP contribution in [0.1, 0.15) is 22.3 Å². The molecule has 1 heterocycles. The Morgan fingerprint density at radius 1 is 0.857 bits per heavy atom. The van der Waals surface area contributed by atoms with E-state index in [1.165, 1.54) is 4.57 Å². The molecule has 0 saturated carbocycles. The number of aromatic nitrogens is 1. The van der Waals surface area contributed by atoms with Crippen molar-refractivity contribution >= 4 is 22.5 Å². The van der Waals surface area contributed by atoms with Crippen molar-refractivity contribution in [3.05, 3.63) is 99.3 Å². The number of rotatable bonds is 8. The van der Waals surface area contributed by atoms with Crippen molar-refractivity contribution in [2.24, 2.45) is 0 Å². The van der Waals surface area contributed by atoms with Crippen LogP contribution in [-0.4, -0.2) is 24.7 Å². The number of pyridine rings is 1. The summed E-state index contributed by atoms with van der Waals surface area (Å²) in [5.41, 5.74) is 5.06. The van der Waals surface area contributed by atoms with Crippen molar-refractivity contribution in [1.29, 1.82) is 0 Å². The molecule has 0 bridgehead atoms. The molecule has 180 valence electrons. The summed E-state index contributed by atoms with van der Waals surface area (Å²) in [7, 11) is 3.13. The minimum absolute atomic E-state index is 0.114. The molecule has 1 N–H and O–H groups in total. The third kappa shape index (κ3) is 5.54. The second-order valence-electron chi connectivity index (χ2n) is 8.74. The van der Waals surface area contributed by atoms with Gasteiger partial charge in [0, 0.05) is 22.7 Å². The van der Waals surface area contributed by atoms with Crippen molar-refractivity contribution in [2.75, 3.05) is 19.5 Å². The molecular formula is C29H30N2O4. The van der Waals surface area contributed by atoms with E-state index in [2.05, 4.69) is 5.32 Å². The van der Waals surface area contributed by atoms with Gasteiger partial charge in [0.1, 0.15) is 6.54 Å². The molecule has 1 aromatic heterocycles. The van der Waals surface area contributed by atoms with Crippen molar-refractivity contribution in [3.8, 4) is 11.5 Å². The van der Waals surface area contributed by atoms with Crippen LogP contribution in [0, 0.1) is 13.8 Å². The van der Waals surface area contributed by atoms with E-state index in [1.807, 2.05) is 74.5 Å². The highest BCUT2D eigenvalue weighted by Crippen LogP contribution is 2.32. The number of aryl methyl sites for hydroxylation is 4. The van der Waals surface area contributed by atoms with Crippen molar-refractivity contribution < 1.29 is 14.3 Å². The molecule has 4 aromatic rings. The molecular weight excluding hydrogens is 440 g/mol. The first-order chi connectivity index (χ1) is 16.9. The molecule has 0 aliphatic carbocycles. The fraction of sp³-hybridized carbons (Fsp3) is 0.241. The Kier molecular flexibility index (Phi) is 7.20. The van der Waals surface area contributed by atoms with Gasteiger partial charge in [-0.05, 0) is 67.6 Å². The van der Waals surface area contributed by atoms with Gasteiger partial charge in [0.25, 0.3) is 5.56 Å². The molecule has 0 unspecified atom stereocenters. The van der Waals surface area contributed by atoms with E-state index in [0.29, 0.717) is 34.7 Å². The zero-order chi connectivity index (χ0) is 24.9. The highest BCUT2D eigenvalue weighted by molar-refractivity contribution is 5.92. The van der Waals surface area contributed by atoms with E-state index in [-0.39, 0.29) is 18.0 Å². The summed E-state index contributed by atoms with van der Waals surface area (Å²) < 4.78 is 12.5. The number of hydrogen-bond acceptors (Lipinski definition) is 4. The second kappa shape index (κ2) is 10.5. The number of fused-ring (bicyclic) bond motifs is 1. The summed E-state index contributed by atoms with van der Waals surface area (Å²) in [4.78, 5) is 26.6. The summed E-state index contributed by atoms with van der Waals surface area (Å²) in [5, 5.41) is 3.75. The van der Waals surface area contributed by atoms with Gasteiger partial charge in [-0.1, -0.05) is 36.4 Å². The first kappa shape index (κ1) is 24.1. The van der Waals surface area contributed by atoms with Gasteiger partial charge in [-0.2, -0.15) is 0 Å². The molecule has 6 nitrogen and oxygen atoms in total. The van der Waals surface area contributed by atoms with Gasteiger partial charge in [-0.25, -0.2) is 0 Å². The lowest BCUT2D eigenvalue weighted by atomic mass is 10.0. The molecule has 0 radical (unpaired) electrons. The number of nitrogens with zero attached hydrogens (tertiary/aromatic N) is 1. The minimum Gasteiger partial charge on any atom is -0.493 e. The van der Waals surface area contributed by atoms with Crippen molar-refractivity contribution in [1.82, 2.24) is 4.57 Å².